The number of methoxy groups -OCH3 is 2. The number of benzene rings is 2. The Labute approximate surface area is 172 Å². The topological polar surface area (TPSA) is 99.4 Å². The van der Waals surface area contributed by atoms with Gasteiger partial charge in [0.2, 0.25) is 0 Å². The number of aromatic nitrogens is 2. The van der Waals surface area contributed by atoms with Crippen LogP contribution >= 0.6 is 0 Å². The van der Waals surface area contributed by atoms with Crippen molar-refractivity contribution >= 4 is 11.5 Å². The minimum atomic E-state index is -0.472. The summed E-state index contributed by atoms with van der Waals surface area (Å²) in [6, 6.07) is 10.2. The van der Waals surface area contributed by atoms with Crippen molar-refractivity contribution in [2.45, 2.75) is 19.9 Å². The van der Waals surface area contributed by atoms with E-state index in [4.69, 9.17) is 9.47 Å². The molecule has 0 fully saturated rings. The molecule has 2 aromatic carbocycles. The molecule has 156 valence electrons. The van der Waals surface area contributed by atoms with Gasteiger partial charge in [0.1, 0.15) is 11.6 Å². The fourth-order valence-electron chi connectivity index (χ4n) is 3.03. The minimum absolute atomic E-state index is 0.0483. The van der Waals surface area contributed by atoms with Gasteiger partial charge in [-0.15, -0.1) is 0 Å². The number of hydrogen-bond acceptors (Lipinski definition) is 7. The van der Waals surface area contributed by atoms with Crippen molar-refractivity contribution in [1.29, 1.82) is 0 Å². The molecule has 30 heavy (non-hydrogen) atoms. The van der Waals surface area contributed by atoms with Crippen molar-refractivity contribution in [2.75, 3.05) is 19.5 Å². The van der Waals surface area contributed by atoms with Crippen LogP contribution in [0, 0.1) is 22.9 Å². The third-order valence-corrected chi connectivity index (χ3v) is 4.50. The van der Waals surface area contributed by atoms with Gasteiger partial charge >= 0.3 is 0 Å². The molecule has 9 heteroatoms. The molecule has 1 atom stereocenters. The largest absolute Gasteiger partial charge is 0.493 e. The van der Waals surface area contributed by atoms with Gasteiger partial charge in [0, 0.05) is 41.1 Å². The number of nitrogens with zero attached hydrogens (tertiary/aromatic N) is 3. The van der Waals surface area contributed by atoms with E-state index in [-0.39, 0.29) is 5.69 Å². The van der Waals surface area contributed by atoms with Crippen LogP contribution in [0.2, 0.25) is 0 Å². The van der Waals surface area contributed by atoms with E-state index in [1.165, 1.54) is 32.4 Å². The zero-order chi connectivity index (χ0) is 21.8. The summed E-state index contributed by atoms with van der Waals surface area (Å²) < 4.78 is 25.0. The number of nitro benzene ring substituents is 1. The number of anilines is 1. The van der Waals surface area contributed by atoms with Crippen molar-refractivity contribution in [3.05, 3.63) is 69.7 Å². The normalized spacial score (nSPS) is 11.6. The Hall–Kier alpha value is -3.75. The molecule has 3 aromatic rings. The molecule has 0 aliphatic carbocycles. The lowest BCUT2D eigenvalue weighted by Crippen LogP contribution is -2.11. The molecule has 0 saturated carbocycles. The number of aryl methyl sites for hydroxylation is 1. The first-order valence-corrected chi connectivity index (χ1v) is 9.11. The lowest BCUT2D eigenvalue weighted by atomic mass is 10.1. The third kappa shape index (κ3) is 4.45. The second kappa shape index (κ2) is 8.73. The van der Waals surface area contributed by atoms with Gasteiger partial charge in [-0.25, -0.2) is 14.4 Å². The van der Waals surface area contributed by atoms with Gasteiger partial charge in [-0.1, -0.05) is 12.1 Å². The molecular formula is C21H21FN4O4. The van der Waals surface area contributed by atoms with E-state index >= 15 is 0 Å². The fourth-order valence-corrected chi connectivity index (χ4v) is 3.03. The highest BCUT2D eigenvalue weighted by atomic mass is 19.1. The van der Waals surface area contributed by atoms with Crippen molar-refractivity contribution in [1.82, 2.24) is 9.97 Å². The molecule has 0 aliphatic rings. The van der Waals surface area contributed by atoms with Crippen molar-refractivity contribution < 1.29 is 18.8 Å². The summed E-state index contributed by atoms with van der Waals surface area (Å²) >= 11 is 0. The highest BCUT2D eigenvalue weighted by Gasteiger charge is 2.18. The number of nitrogens with one attached hydrogen (secondary N) is 1. The monoisotopic (exact) mass is 412 g/mol. The Bertz CT molecular complexity index is 1090. The summed E-state index contributed by atoms with van der Waals surface area (Å²) in [5.74, 6) is 1.07. The summed E-state index contributed by atoms with van der Waals surface area (Å²) in [6.07, 6.45) is 0. The van der Waals surface area contributed by atoms with Gasteiger partial charge in [0.25, 0.3) is 5.69 Å². The average Bonchev–Trinajstić information content (AvgIpc) is 2.73. The molecule has 1 aromatic heterocycles. The SMILES string of the molecule is COc1cc(F)c(C(C)Nc2cc(C)nc(-c3cccc([N+](=O)[O-])c3)n2)cc1OC. The predicted molar refractivity (Wildman–Crippen MR) is 110 cm³/mol. The minimum Gasteiger partial charge on any atom is -0.493 e. The number of halogens is 1. The molecule has 1 N–H and O–H groups in total. The maximum Gasteiger partial charge on any atom is 0.270 e. The van der Waals surface area contributed by atoms with E-state index in [0.717, 1.165) is 0 Å². The quantitative estimate of drug-likeness (QED) is 0.444. The highest BCUT2D eigenvalue weighted by molar-refractivity contribution is 5.61. The number of non-ortho nitro benzene ring substituents is 1. The summed E-state index contributed by atoms with van der Waals surface area (Å²) in [6.45, 7) is 3.57. The lowest BCUT2D eigenvalue weighted by Gasteiger charge is -2.18. The average molecular weight is 412 g/mol. The van der Waals surface area contributed by atoms with Crippen LogP contribution in [0.5, 0.6) is 11.5 Å². The predicted octanol–water partition coefficient (Wildman–Crippen LogP) is 4.69. The number of ether oxygens (including phenoxy) is 2. The zero-order valence-electron chi connectivity index (χ0n) is 17.0. The van der Waals surface area contributed by atoms with Gasteiger partial charge in [0.15, 0.2) is 17.3 Å². The Morgan fingerprint density at radius 2 is 1.80 bits per heavy atom. The molecule has 0 radical (unpaired) electrons. The van der Waals surface area contributed by atoms with E-state index in [2.05, 4.69) is 15.3 Å². The van der Waals surface area contributed by atoms with Gasteiger partial charge in [0.05, 0.1) is 25.2 Å². The molecule has 0 aliphatic heterocycles. The standard InChI is InChI=1S/C21H21FN4O4/c1-12-8-20(25-21(23-12)14-6-5-7-15(9-14)26(27)28)24-13(2)16-10-18(29-3)19(30-4)11-17(16)22/h5-11,13H,1-4H3,(H,23,24,25). The van der Waals surface area contributed by atoms with E-state index in [1.807, 2.05) is 0 Å². The highest BCUT2D eigenvalue weighted by Crippen LogP contribution is 2.33. The van der Waals surface area contributed by atoms with Crippen LogP contribution in [0.1, 0.15) is 24.2 Å². The second-order valence-electron chi connectivity index (χ2n) is 6.62. The maximum atomic E-state index is 14.6. The smallest absolute Gasteiger partial charge is 0.270 e. The molecule has 8 nitrogen and oxygen atoms in total. The molecule has 0 amide bonds. The molecule has 0 spiro atoms. The van der Waals surface area contributed by atoms with Crippen LogP contribution in [0.15, 0.2) is 42.5 Å². The van der Waals surface area contributed by atoms with Gasteiger partial charge in [-0.3, -0.25) is 10.1 Å². The molecule has 0 saturated heterocycles. The molecule has 1 unspecified atom stereocenters. The maximum absolute atomic E-state index is 14.6. The van der Waals surface area contributed by atoms with Gasteiger partial charge in [-0.05, 0) is 19.9 Å². The first kappa shape index (κ1) is 21.0. The van der Waals surface area contributed by atoms with Gasteiger partial charge in [-0.2, -0.15) is 0 Å². The summed E-state index contributed by atoms with van der Waals surface area (Å²) in [4.78, 5) is 19.4. The van der Waals surface area contributed by atoms with Crippen LogP contribution in [0.3, 0.4) is 0 Å². The Morgan fingerprint density at radius 1 is 1.10 bits per heavy atom. The molecule has 3 rings (SSSR count). The second-order valence-corrected chi connectivity index (χ2v) is 6.62. The summed E-state index contributed by atoms with van der Waals surface area (Å²) in [5.41, 5.74) is 1.50. The Balaban J connectivity index is 1.93. The Kier molecular flexibility index (Phi) is 6.10. The first-order chi connectivity index (χ1) is 14.3. The van der Waals surface area contributed by atoms with Gasteiger partial charge < -0.3 is 14.8 Å². The van der Waals surface area contributed by atoms with E-state index in [0.29, 0.717) is 40.0 Å². The van der Waals surface area contributed by atoms with Crippen LogP contribution in [-0.2, 0) is 0 Å². The van der Waals surface area contributed by atoms with Crippen LogP contribution < -0.4 is 14.8 Å². The number of rotatable bonds is 7. The van der Waals surface area contributed by atoms with Crippen LogP contribution in [0.4, 0.5) is 15.9 Å². The van der Waals surface area contributed by atoms with Crippen LogP contribution in [-0.4, -0.2) is 29.1 Å². The van der Waals surface area contributed by atoms with E-state index in [1.54, 1.807) is 38.1 Å². The van der Waals surface area contributed by atoms with E-state index < -0.39 is 16.8 Å². The fraction of sp³-hybridized carbons (Fsp3) is 0.238. The number of nitro groups is 1. The van der Waals surface area contributed by atoms with Crippen molar-refractivity contribution in [3.63, 3.8) is 0 Å². The summed E-state index contributed by atoms with van der Waals surface area (Å²) in [7, 11) is 2.93. The summed E-state index contributed by atoms with van der Waals surface area (Å²) in [5, 5.41) is 14.2. The third-order valence-electron chi connectivity index (χ3n) is 4.50. The van der Waals surface area contributed by atoms with Crippen molar-refractivity contribution in [2.24, 2.45) is 0 Å². The van der Waals surface area contributed by atoms with E-state index in [9.17, 15) is 14.5 Å². The Morgan fingerprint density at radius 3 is 2.47 bits per heavy atom. The van der Waals surface area contributed by atoms with Crippen molar-refractivity contribution in [3.8, 4) is 22.9 Å². The molecule has 0 bridgehead atoms. The molecule has 1 heterocycles. The lowest BCUT2D eigenvalue weighted by molar-refractivity contribution is -0.384. The zero-order valence-corrected chi connectivity index (χ0v) is 17.0. The first-order valence-electron chi connectivity index (χ1n) is 9.11. The number of hydrogen-bond donors (Lipinski definition) is 1. The molecular weight excluding hydrogens is 391 g/mol. The van der Waals surface area contributed by atoms with Crippen LogP contribution in [0.25, 0.3) is 11.4 Å².